The summed E-state index contributed by atoms with van der Waals surface area (Å²) in [5, 5.41) is 15.2. The van der Waals surface area contributed by atoms with Gasteiger partial charge in [-0.15, -0.1) is 13.1 Å². The Kier molecular flexibility index (Phi) is 4.33. The molecule has 0 radical (unpaired) electrons. The van der Waals surface area contributed by atoms with E-state index in [-0.39, 0.29) is 0 Å². The number of fused-ring (bicyclic) bond motifs is 1. The van der Waals surface area contributed by atoms with E-state index in [4.69, 9.17) is 0 Å². The molecule has 1 aromatic carbocycles. The van der Waals surface area contributed by atoms with Gasteiger partial charge in [0.25, 0.3) is 0 Å². The van der Waals surface area contributed by atoms with Crippen LogP contribution in [0.25, 0.3) is 16.2 Å². The van der Waals surface area contributed by atoms with Gasteiger partial charge in [0.2, 0.25) is 0 Å². The summed E-state index contributed by atoms with van der Waals surface area (Å²) in [5.41, 5.74) is 2.22. The number of phenols is 1. The Hall–Kier alpha value is -0.688. The zero-order valence-corrected chi connectivity index (χ0v) is 13.9. The number of hydrogen-bond donors (Lipinski definition) is 2. The van der Waals surface area contributed by atoms with E-state index in [1.54, 1.807) is 6.07 Å². The number of phenolic OH excluding ortho intramolecular Hbond substituents is 1. The minimum absolute atomic E-state index is 0.371. The number of aromatic nitrogens is 1. The number of hydrogen-bond acceptors (Lipinski definition) is 1. The van der Waals surface area contributed by atoms with Crippen molar-refractivity contribution in [1.82, 2.24) is 4.98 Å². The van der Waals surface area contributed by atoms with Crippen LogP contribution in [0.2, 0.25) is 0 Å². The first-order valence-electron chi connectivity index (χ1n) is 5.78. The van der Waals surface area contributed by atoms with E-state index in [1.807, 2.05) is 18.3 Å². The van der Waals surface area contributed by atoms with E-state index in [0.29, 0.717) is 11.7 Å². The predicted octanol–water partition coefficient (Wildman–Crippen LogP) is 2.70. The topological polar surface area (TPSA) is 50.1 Å². The van der Waals surface area contributed by atoms with E-state index in [0.717, 1.165) is 55.7 Å². The zero-order valence-electron chi connectivity index (χ0n) is 9.82. The van der Waals surface area contributed by atoms with Gasteiger partial charge in [-0.25, -0.2) is 0 Å². The SMILES string of the molecule is Oc1cccc2[nH]cc([C@H]3CC[N-]C3)c12.[CH2]=[Cd]. The molecule has 3 rings (SSSR count). The number of nitrogens with zero attached hydrogens (tertiary/aromatic N) is 1. The number of nitrogens with one attached hydrogen (secondary N) is 1. The molecule has 1 aromatic heterocycles. The van der Waals surface area contributed by atoms with Gasteiger partial charge in [-0.2, -0.15) is 0 Å². The van der Waals surface area contributed by atoms with Gasteiger partial charge >= 0.3 is 29.3 Å². The molecule has 86 valence electrons. The molecule has 1 fully saturated rings. The van der Waals surface area contributed by atoms with Crippen LogP contribution in [0.1, 0.15) is 17.9 Å². The van der Waals surface area contributed by atoms with Crippen molar-refractivity contribution in [2.75, 3.05) is 13.1 Å². The van der Waals surface area contributed by atoms with E-state index in [9.17, 15) is 5.11 Å². The first-order chi connectivity index (χ1) is 8.36. The van der Waals surface area contributed by atoms with Gasteiger partial charge in [0, 0.05) is 17.1 Å². The molecule has 0 saturated carbocycles. The maximum atomic E-state index is 9.85. The van der Waals surface area contributed by atoms with Crippen molar-refractivity contribution in [2.45, 2.75) is 12.3 Å². The van der Waals surface area contributed by atoms with Crippen molar-refractivity contribution in [3.05, 3.63) is 35.3 Å². The second-order valence-corrected chi connectivity index (χ2v) is 4.06. The predicted molar refractivity (Wildman–Crippen MR) is 67.5 cm³/mol. The van der Waals surface area contributed by atoms with Crippen LogP contribution in [0.5, 0.6) is 5.75 Å². The average molecular weight is 328 g/mol. The van der Waals surface area contributed by atoms with E-state index >= 15 is 0 Å². The van der Waals surface area contributed by atoms with Gasteiger partial charge in [0.15, 0.2) is 0 Å². The number of H-pyrrole nitrogens is 1. The minimum atomic E-state index is 0.371. The van der Waals surface area contributed by atoms with Gasteiger partial charge in [0.1, 0.15) is 5.75 Å². The summed E-state index contributed by atoms with van der Waals surface area (Å²) in [6.45, 7) is 1.84. The molecule has 1 saturated heterocycles. The van der Waals surface area contributed by atoms with Crippen LogP contribution in [0.15, 0.2) is 24.4 Å². The summed E-state index contributed by atoms with van der Waals surface area (Å²) >= 11 is 0.900. The molecule has 0 aliphatic carbocycles. The molecule has 0 amide bonds. The van der Waals surface area contributed by atoms with E-state index < -0.39 is 0 Å². The monoisotopic (exact) mass is 329 g/mol. The first-order valence-corrected chi connectivity index (χ1v) is 8.64. The molecule has 2 N–H and O–H groups in total. The number of rotatable bonds is 1. The molecule has 0 spiro atoms. The summed E-state index contributed by atoms with van der Waals surface area (Å²) in [4.78, 5) is 3.20. The molecular weight excluding hydrogens is 313 g/mol. The summed E-state index contributed by atoms with van der Waals surface area (Å²) in [6, 6.07) is 5.59. The fourth-order valence-corrected chi connectivity index (χ4v) is 2.35. The Morgan fingerprint density at radius 2 is 2.24 bits per heavy atom. The quantitative estimate of drug-likeness (QED) is 0.777. The fraction of sp³-hybridized carbons (Fsp3) is 0.308. The second-order valence-electron chi connectivity index (χ2n) is 4.06. The molecule has 4 heteroatoms. The number of benzene rings is 1. The third-order valence-corrected chi connectivity index (χ3v) is 3.14. The van der Waals surface area contributed by atoms with Crippen molar-refractivity contribution in [2.24, 2.45) is 0 Å². The standard InChI is InChI=1S/C12H13N2O.CH2.Cd/c15-11-3-1-2-10-12(11)9(7-14-10)8-4-5-13-6-8;;/h1-3,7-8,14-15H,4-6H2;1H2;/q-1;;/t8-;;/m0../s1. The van der Waals surface area contributed by atoms with Crippen molar-refractivity contribution >= 4 is 15.0 Å². The van der Waals surface area contributed by atoms with Crippen molar-refractivity contribution in [3.63, 3.8) is 0 Å². The molecule has 1 atom stereocenters. The molecule has 0 bridgehead atoms. The van der Waals surface area contributed by atoms with Crippen molar-refractivity contribution < 1.29 is 30.4 Å². The molecule has 3 nitrogen and oxygen atoms in total. The number of aromatic hydroxyl groups is 1. The summed E-state index contributed by atoms with van der Waals surface area (Å²) in [5.74, 6) is 0.850. The van der Waals surface area contributed by atoms with E-state index in [2.05, 4.69) is 14.4 Å². The fourth-order valence-electron chi connectivity index (χ4n) is 2.35. The van der Waals surface area contributed by atoms with Crippen molar-refractivity contribution in [3.8, 4) is 5.75 Å². The summed E-state index contributed by atoms with van der Waals surface area (Å²) in [7, 11) is 0. The Morgan fingerprint density at radius 1 is 1.41 bits per heavy atom. The molecule has 0 unspecified atom stereocenters. The first kappa shape index (κ1) is 12.8. The normalized spacial score (nSPS) is 19.1. The van der Waals surface area contributed by atoms with Crippen LogP contribution >= 0.6 is 0 Å². The molecular formula is C13H15CdN2O-. The van der Waals surface area contributed by atoms with Crippen LogP contribution < -0.4 is 0 Å². The molecule has 1 aliphatic rings. The van der Waals surface area contributed by atoms with E-state index in [1.165, 1.54) is 5.56 Å². The third kappa shape index (κ3) is 2.45. The Balaban J connectivity index is 0.000000514. The van der Waals surface area contributed by atoms with Crippen LogP contribution in [-0.4, -0.2) is 27.2 Å². The zero-order chi connectivity index (χ0) is 12.3. The molecule has 2 heterocycles. The van der Waals surface area contributed by atoms with Crippen molar-refractivity contribution in [1.29, 1.82) is 0 Å². The van der Waals surface area contributed by atoms with Gasteiger partial charge in [-0.3, -0.25) is 0 Å². The number of aromatic amines is 1. The maximum absolute atomic E-state index is 9.85. The Morgan fingerprint density at radius 3 is 2.94 bits per heavy atom. The second kappa shape index (κ2) is 5.77. The Labute approximate surface area is 116 Å². The van der Waals surface area contributed by atoms with Crippen LogP contribution in [-0.2, 0) is 25.3 Å². The van der Waals surface area contributed by atoms with Gasteiger partial charge < -0.3 is 15.4 Å². The summed E-state index contributed by atoms with van der Waals surface area (Å²) < 4.78 is 3.42. The molecule has 17 heavy (non-hydrogen) atoms. The molecule has 2 aromatic rings. The third-order valence-electron chi connectivity index (χ3n) is 3.14. The van der Waals surface area contributed by atoms with Crippen LogP contribution in [0, 0.1) is 0 Å². The van der Waals surface area contributed by atoms with Crippen LogP contribution in [0.4, 0.5) is 0 Å². The van der Waals surface area contributed by atoms with Gasteiger partial charge in [-0.1, -0.05) is 12.5 Å². The van der Waals surface area contributed by atoms with Gasteiger partial charge in [0.05, 0.1) is 0 Å². The summed E-state index contributed by atoms with van der Waals surface area (Å²) in [6.07, 6.45) is 3.11. The average Bonchev–Trinajstić information content (AvgIpc) is 3.00. The Bertz CT molecular complexity index is 503. The van der Waals surface area contributed by atoms with Crippen LogP contribution in [0.3, 0.4) is 0 Å². The van der Waals surface area contributed by atoms with Gasteiger partial charge in [-0.05, 0) is 23.6 Å². The molecule has 1 aliphatic heterocycles.